The van der Waals surface area contributed by atoms with Gasteiger partial charge in [-0.2, -0.15) is 0 Å². The zero-order valence-corrected chi connectivity index (χ0v) is 11.1. The number of ether oxygens (including phenoxy) is 1. The van der Waals surface area contributed by atoms with Gasteiger partial charge in [0.15, 0.2) is 0 Å². The quantitative estimate of drug-likeness (QED) is 0.255. The molecule has 0 bridgehead atoms. The second-order valence-corrected chi connectivity index (χ2v) is 3.79. The molecule has 0 aliphatic rings. The minimum Gasteiger partial charge on any atom is -0.494 e. The van der Waals surface area contributed by atoms with E-state index in [0.717, 1.165) is 37.1 Å². The normalized spacial score (nSPS) is 9.11. The van der Waals surface area contributed by atoms with Crippen molar-refractivity contribution in [1.29, 1.82) is 0 Å². The third kappa shape index (κ3) is 7.65. The van der Waals surface area contributed by atoms with Gasteiger partial charge in [0.25, 0.3) is 0 Å². The summed E-state index contributed by atoms with van der Waals surface area (Å²) in [6.07, 6.45) is 4.11. The summed E-state index contributed by atoms with van der Waals surface area (Å²) in [5.74, 6) is 0.819. The van der Waals surface area contributed by atoms with Gasteiger partial charge in [0, 0.05) is 23.2 Å². The first-order valence-corrected chi connectivity index (χ1v) is 5.82. The maximum absolute atomic E-state index is 8.08. The second kappa shape index (κ2) is 10.6. The van der Waals surface area contributed by atoms with Gasteiger partial charge in [0.05, 0.1) is 6.61 Å². The van der Waals surface area contributed by atoms with Crippen molar-refractivity contribution in [3.63, 3.8) is 0 Å². The molecule has 0 aliphatic heterocycles. The second-order valence-electron chi connectivity index (χ2n) is 3.79. The van der Waals surface area contributed by atoms with E-state index in [-0.39, 0.29) is 12.4 Å². The lowest BCUT2D eigenvalue weighted by molar-refractivity contribution is 0.305. The minimum absolute atomic E-state index is 0. The summed E-state index contributed by atoms with van der Waals surface area (Å²) in [6, 6.07) is 7.44. The minimum atomic E-state index is 0. The van der Waals surface area contributed by atoms with Gasteiger partial charge in [-0.15, -0.1) is 12.4 Å². The maximum atomic E-state index is 8.08. The molecule has 0 amide bonds. The van der Waals surface area contributed by atoms with Crippen LogP contribution in [-0.4, -0.2) is 13.2 Å². The number of nitrogens with zero attached hydrogens (tertiary/aromatic N) is 3. The maximum Gasteiger partial charge on any atom is 0.121 e. The predicted octanol–water partition coefficient (Wildman–Crippen LogP) is 3.94. The first kappa shape index (κ1) is 16.4. The standard InChI is InChI=1S/C12H18N4O.ClH/c13-11-6-5-7-12(10-11)17-9-4-2-1-3-8-15-16-14;/h5-7,10H,1-4,8-9,13H2;1H. The Hall–Kier alpha value is -1.58. The Labute approximate surface area is 113 Å². The van der Waals surface area contributed by atoms with Gasteiger partial charge in [-0.25, -0.2) is 0 Å². The van der Waals surface area contributed by atoms with Crippen molar-refractivity contribution in [3.8, 4) is 5.75 Å². The molecule has 0 aliphatic carbocycles. The van der Waals surface area contributed by atoms with Crippen molar-refractivity contribution in [2.24, 2.45) is 5.11 Å². The van der Waals surface area contributed by atoms with E-state index in [0.29, 0.717) is 13.2 Å². The number of hydrogen-bond donors (Lipinski definition) is 1. The Bertz CT molecular complexity index is 380. The molecule has 1 aromatic carbocycles. The highest BCUT2D eigenvalue weighted by Crippen LogP contribution is 2.14. The molecule has 0 aromatic heterocycles. The van der Waals surface area contributed by atoms with Gasteiger partial charge in [0.1, 0.15) is 5.75 Å². The van der Waals surface area contributed by atoms with Gasteiger partial charge in [0.2, 0.25) is 0 Å². The van der Waals surface area contributed by atoms with E-state index in [4.69, 9.17) is 16.0 Å². The zero-order chi connectivity index (χ0) is 12.3. The Kier molecular flexibility index (Phi) is 9.64. The smallest absolute Gasteiger partial charge is 0.121 e. The molecule has 0 saturated heterocycles. The highest BCUT2D eigenvalue weighted by molar-refractivity contribution is 5.85. The Morgan fingerprint density at radius 2 is 2.00 bits per heavy atom. The Morgan fingerprint density at radius 1 is 1.22 bits per heavy atom. The van der Waals surface area contributed by atoms with Crippen LogP contribution in [0.4, 0.5) is 5.69 Å². The number of benzene rings is 1. The summed E-state index contributed by atoms with van der Waals surface area (Å²) in [5.41, 5.74) is 14.4. The fourth-order valence-corrected chi connectivity index (χ4v) is 1.48. The largest absolute Gasteiger partial charge is 0.494 e. The number of azide groups is 1. The summed E-state index contributed by atoms with van der Waals surface area (Å²) in [7, 11) is 0. The van der Waals surface area contributed by atoms with Crippen LogP contribution in [0.15, 0.2) is 29.4 Å². The molecule has 5 nitrogen and oxygen atoms in total. The average molecular weight is 271 g/mol. The highest BCUT2D eigenvalue weighted by atomic mass is 35.5. The number of halogens is 1. The number of nitrogen functional groups attached to an aromatic ring is 1. The summed E-state index contributed by atoms with van der Waals surface area (Å²) in [6.45, 7) is 1.29. The molecule has 0 saturated carbocycles. The van der Waals surface area contributed by atoms with Gasteiger partial charge in [-0.1, -0.05) is 24.0 Å². The molecule has 0 spiro atoms. The fraction of sp³-hybridized carbons (Fsp3) is 0.500. The lowest BCUT2D eigenvalue weighted by Crippen LogP contribution is -1.98. The third-order valence-electron chi connectivity index (χ3n) is 2.34. The topological polar surface area (TPSA) is 84.0 Å². The van der Waals surface area contributed by atoms with Crippen LogP contribution in [0.3, 0.4) is 0 Å². The molecule has 0 fully saturated rings. The van der Waals surface area contributed by atoms with Gasteiger partial charge < -0.3 is 10.5 Å². The van der Waals surface area contributed by atoms with Crippen molar-refractivity contribution in [2.75, 3.05) is 18.9 Å². The molecule has 0 heterocycles. The Morgan fingerprint density at radius 3 is 2.72 bits per heavy atom. The van der Waals surface area contributed by atoms with Crippen molar-refractivity contribution in [1.82, 2.24) is 0 Å². The first-order valence-electron chi connectivity index (χ1n) is 5.82. The molecule has 18 heavy (non-hydrogen) atoms. The van der Waals surface area contributed by atoms with Gasteiger partial charge in [-0.05, 0) is 30.5 Å². The van der Waals surface area contributed by atoms with Gasteiger partial charge in [-0.3, -0.25) is 0 Å². The molecular formula is C12H19ClN4O. The molecule has 0 radical (unpaired) electrons. The van der Waals surface area contributed by atoms with Gasteiger partial charge >= 0.3 is 0 Å². The Balaban J connectivity index is 0.00000289. The summed E-state index contributed by atoms with van der Waals surface area (Å²) < 4.78 is 5.55. The van der Waals surface area contributed by atoms with Crippen molar-refractivity contribution < 1.29 is 4.74 Å². The molecule has 6 heteroatoms. The highest BCUT2D eigenvalue weighted by Gasteiger charge is 1.94. The van der Waals surface area contributed by atoms with E-state index in [1.807, 2.05) is 24.3 Å². The SMILES string of the molecule is Cl.[N-]=[N+]=NCCCCCCOc1cccc(N)c1. The van der Waals surface area contributed by atoms with E-state index in [1.165, 1.54) is 0 Å². The number of hydrogen-bond acceptors (Lipinski definition) is 3. The summed E-state index contributed by atoms with van der Waals surface area (Å²) >= 11 is 0. The molecule has 0 unspecified atom stereocenters. The van der Waals surface area contributed by atoms with Crippen LogP contribution in [0.2, 0.25) is 0 Å². The fourth-order valence-electron chi connectivity index (χ4n) is 1.48. The molecule has 1 rings (SSSR count). The first-order chi connectivity index (χ1) is 8.33. The van der Waals surface area contributed by atoms with E-state index >= 15 is 0 Å². The van der Waals surface area contributed by atoms with Crippen molar-refractivity contribution in [3.05, 3.63) is 34.7 Å². The average Bonchev–Trinajstić information content (AvgIpc) is 2.33. The van der Waals surface area contributed by atoms with E-state index < -0.39 is 0 Å². The molecule has 1 aromatic rings. The molecular weight excluding hydrogens is 252 g/mol. The monoisotopic (exact) mass is 270 g/mol. The van der Waals surface area contributed by atoms with E-state index in [9.17, 15) is 0 Å². The van der Waals surface area contributed by atoms with Crippen LogP contribution in [-0.2, 0) is 0 Å². The number of anilines is 1. The van der Waals surface area contributed by atoms with E-state index in [1.54, 1.807) is 0 Å². The number of unbranched alkanes of at least 4 members (excludes halogenated alkanes) is 3. The third-order valence-corrected chi connectivity index (χ3v) is 2.34. The van der Waals surface area contributed by atoms with Crippen LogP contribution in [0, 0.1) is 0 Å². The summed E-state index contributed by atoms with van der Waals surface area (Å²) in [5, 5.41) is 3.48. The van der Waals surface area contributed by atoms with Crippen LogP contribution in [0.5, 0.6) is 5.75 Å². The number of rotatable bonds is 8. The van der Waals surface area contributed by atoms with Crippen molar-refractivity contribution >= 4 is 18.1 Å². The molecule has 100 valence electrons. The molecule has 2 N–H and O–H groups in total. The lowest BCUT2D eigenvalue weighted by Gasteiger charge is -2.06. The van der Waals surface area contributed by atoms with Crippen LogP contribution in [0.1, 0.15) is 25.7 Å². The van der Waals surface area contributed by atoms with Crippen molar-refractivity contribution in [2.45, 2.75) is 25.7 Å². The van der Waals surface area contributed by atoms with E-state index in [2.05, 4.69) is 10.0 Å². The van der Waals surface area contributed by atoms with Crippen LogP contribution in [0.25, 0.3) is 10.4 Å². The zero-order valence-electron chi connectivity index (χ0n) is 10.3. The van der Waals surface area contributed by atoms with Crippen LogP contribution >= 0.6 is 12.4 Å². The summed E-state index contributed by atoms with van der Waals surface area (Å²) in [4.78, 5) is 2.71. The molecule has 0 atom stereocenters. The van der Waals surface area contributed by atoms with Crippen LogP contribution < -0.4 is 10.5 Å². The lowest BCUT2D eigenvalue weighted by atomic mass is 10.2. The number of nitrogens with two attached hydrogens (primary N) is 1. The predicted molar refractivity (Wildman–Crippen MR) is 76.1 cm³/mol.